The highest BCUT2D eigenvalue weighted by Crippen LogP contribution is 2.29. The first-order valence-electron chi connectivity index (χ1n) is 9.67. The number of nitrogens with zero attached hydrogens (tertiary/aromatic N) is 4. The molecule has 0 atom stereocenters. The minimum absolute atomic E-state index is 0.0755. The van der Waals surface area contributed by atoms with Crippen LogP contribution in [-0.4, -0.2) is 34.5 Å². The van der Waals surface area contributed by atoms with Crippen molar-refractivity contribution in [3.8, 4) is 0 Å². The highest BCUT2D eigenvalue weighted by molar-refractivity contribution is 6.03. The summed E-state index contributed by atoms with van der Waals surface area (Å²) in [6.45, 7) is 7.14. The molecule has 1 aromatic carbocycles. The third kappa shape index (κ3) is 5.38. The lowest BCUT2D eigenvalue weighted by molar-refractivity contribution is 0.102. The zero-order chi connectivity index (χ0) is 20.9. The first-order valence-corrected chi connectivity index (χ1v) is 9.67. The standard InChI is InChI=1S/C23H27N5O/c1-23(2,3)18-7-5-6-8-19(18)27-22(29)20-15-21(26-16-25-20)28(4)14-11-17-9-12-24-13-10-17/h5-10,12-13,15-16H,11,14H2,1-4H3,(H,27,29). The summed E-state index contributed by atoms with van der Waals surface area (Å²) in [5.41, 5.74) is 3.36. The lowest BCUT2D eigenvalue weighted by Gasteiger charge is -2.23. The number of hydrogen-bond donors (Lipinski definition) is 1. The maximum Gasteiger partial charge on any atom is 0.274 e. The molecule has 6 nitrogen and oxygen atoms in total. The van der Waals surface area contributed by atoms with Gasteiger partial charge in [0.1, 0.15) is 17.8 Å². The minimum atomic E-state index is -0.243. The van der Waals surface area contributed by atoms with Gasteiger partial charge in [-0.2, -0.15) is 0 Å². The number of aromatic nitrogens is 3. The van der Waals surface area contributed by atoms with Crippen molar-refractivity contribution in [2.24, 2.45) is 0 Å². The fourth-order valence-corrected chi connectivity index (χ4v) is 3.07. The summed E-state index contributed by atoms with van der Waals surface area (Å²) < 4.78 is 0. The van der Waals surface area contributed by atoms with Crippen LogP contribution in [0.15, 0.2) is 61.2 Å². The van der Waals surface area contributed by atoms with Crippen LogP contribution in [0.3, 0.4) is 0 Å². The topological polar surface area (TPSA) is 71.0 Å². The molecule has 0 saturated carbocycles. The van der Waals surface area contributed by atoms with Gasteiger partial charge in [0.2, 0.25) is 0 Å². The lowest BCUT2D eigenvalue weighted by atomic mass is 9.86. The molecule has 0 aliphatic carbocycles. The van der Waals surface area contributed by atoms with E-state index in [1.165, 1.54) is 11.9 Å². The van der Waals surface area contributed by atoms with E-state index in [1.807, 2.05) is 48.3 Å². The Morgan fingerprint density at radius 2 is 1.79 bits per heavy atom. The second-order valence-electron chi connectivity index (χ2n) is 8.04. The van der Waals surface area contributed by atoms with Gasteiger partial charge < -0.3 is 10.2 Å². The van der Waals surface area contributed by atoms with Crippen molar-refractivity contribution < 1.29 is 4.79 Å². The minimum Gasteiger partial charge on any atom is -0.359 e. The van der Waals surface area contributed by atoms with E-state index < -0.39 is 0 Å². The summed E-state index contributed by atoms with van der Waals surface area (Å²) in [4.78, 5) is 27.4. The van der Waals surface area contributed by atoms with Crippen molar-refractivity contribution >= 4 is 17.4 Å². The van der Waals surface area contributed by atoms with Crippen molar-refractivity contribution in [2.75, 3.05) is 23.8 Å². The molecule has 0 aliphatic rings. The van der Waals surface area contributed by atoms with E-state index in [2.05, 4.69) is 41.0 Å². The highest BCUT2D eigenvalue weighted by atomic mass is 16.1. The summed E-state index contributed by atoms with van der Waals surface area (Å²) in [5, 5.41) is 3.00. The molecule has 150 valence electrons. The fraction of sp³-hybridized carbons (Fsp3) is 0.304. The quantitative estimate of drug-likeness (QED) is 0.687. The molecule has 6 heteroatoms. The molecule has 0 radical (unpaired) electrons. The van der Waals surface area contributed by atoms with Gasteiger partial charge in [0.05, 0.1) is 0 Å². The second kappa shape index (κ2) is 8.82. The number of anilines is 2. The maximum absolute atomic E-state index is 12.8. The summed E-state index contributed by atoms with van der Waals surface area (Å²) in [7, 11) is 1.96. The first-order chi connectivity index (χ1) is 13.8. The predicted octanol–water partition coefficient (Wildman–Crippen LogP) is 4.10. The molecule has 0 fully saturated rings. The van der Waals surface area contributed by atoms with Gasteiger partial charge >= 0.3 is 0 Å². The number of pyridine rings is 1. The average Bonchev–Trinajstić information content (AvgIpc) is 2.72. The Balaban J connectivity index is 1.71. The van der Waals surface area contributed by atoms with E-state index in [-0.39, 0.29) is 11.3 Å². The second-order valence-corrected chi connectivity index (χ2v) is 8.04. The van der Waals surface area contributed by atoms with Crippen molar-refractivity contribution in [3.05, 3.63) is 78.0 Å². The molecule has 2 aromatic heterocycles. The Morgan fingerprint density at radius 3 is 2.52 bits per heavy atom. The Kier molecular flexibility index (Phi) is 6.22. The van der Waals surface area contributed by atoms with Gasteiger partial charge in [-0.05, 0) is 41.2 Å². The molecule has 3 aromatic rings. The molecule has 1 N–H and O–H groups in total. The van der Waals surface area contributed by atoms with Gasteiger partial charge in [0.15, 0.2) is 0 Å². The number of carbonyl (C=O) groups is 1. The van der Waals surface area contributed by atoms with E-state index in [0.29, 0.717) is 11.5 Å². The van der Waals surface area contributed by atoms with Gasteiger partial charge in [-0.15, -0.1) is 0 Å². The first kappa shape index (κ1) is 20.5. The number of likely N-dealkylation sites (N-methyl/N-ethyl adjacent to an activating group) is 1. The van der Waals surface area contributed by atoms with Crippen molar-refractivity contribution in [2.45, 2.75) is 32.6 Å². The third-order valence-electron chi connectivity index (χ3n) is 4.74. The van der Waals surface area contributed by atoms with Gasteiger partial charge in [-0.25, -0.2) is 9.97 Å². The number of carbonyl (C=O) groups excluding carboxylic acids is 1. The number of hydrogen-bond acceptors (Lipinski definition) is 5. The van der Waals surface area contributed by atoms with Crippen LogP contribution in [0, 0.1) is 0 Å². The molecule has 0 spiro atoms. The number of rotatable bonds is 6. The molecule has 0 aliphatic heterocycles. The Labute approximate surface area is 172 Å². The summed E-state index contributed by atoms with van der Waals surface area (Å²) in [6, 6.07) is 13.6. The largest absolute Gasteiger partial charge is 0.359 e. The van der Waals surface area contributed by atoms with E-state index in [9.17, 15) is 4.79 Å². The van der Waals surface area contributed by atoms with Crippen LogP contribution in [0.2, 0.25) is 0 Å². The Bertz CT molecular complexity index is 966. The van der Waals surface area contributed by atoms with Crippen molar-refractivity contribution in [3.63, 3.8) is 0 Å². The fourth-order valence-electron chi connectivity index (χ4n) is 3.07. The molecular formula is C23H27N5O. The van der Waals surface area contributed by atoms with E-state index >= 15 is 0 Å². The molecule has 0 unspecified atom stereocenters. The average molecular weight is 390 g/mol. The smallest absolute Gasteiger partial charge is 0.274 e. The molecule has 0 bridgehead atoms. The molecule has 29 heavy (non-hydrogen) atoms. The third-order valence-corrected chi connectivity index (χ3v) is 4.74. The molecule has 2 heterocycles. The SMILES string of the molecule is CN(CCc1ccncc1)c1cc(C(=O)Nc2ccccc2C(C)(C)C)ncn1. The van der Waals surface area contributed by atoms with Gasteiger partial charge in [-0.3, -0.25) is 9.78 Å². The normalized spacial score (nSPS) is 11.2. The highest BCUT2D eigenvalue weighted by Gasteiger charge is 2.19. The molecule has 1 amide bonds. The Hall–Kier alpha value is -3.28. The number of para-hydroxylation sites is 1. The van der Waals surface area contributed by atoms with Crippen LogP contribution in [0.4, 0.5) is 11.5 Å². The van der Waals surface area contributed by atoms with Crippen LogP contribution in [0.1, 0.15) is 42.4 Å². The Morgan fingerprint density at radius 1 is 1.07 bits per heavy atom. The number of nitrogens with one attached hydrogen (secondary N) is 1. The summed E-state index contributed by atoms with van der Waals surface area (Å²) in [5.74, 6) is 0.469. The summed E-state index contributed by atoms with van der Waals surface area (Å²) in [6.07, 6.45) is 5.88. The predicted molar refractivity (Wildman–Crippen MR) is 116 cm³/mol. The van der Waals surface area contributed by atoms with E-state index in [0.717, 1.165) is 24.2 Å². The monoisotopic (exact) mass is 389 g/mol. The lowest BCUT2D eigenvalue weighted by Crippen LogP contribution is -2.23. The molecule has 0 saturated heterocycles. The molecule has 3 rings (SSSR count). The van der Waals surface area contributed by atoms with Crippen LogP contribution in [0.25, 0.3) is 0 Å². The van der Waals surface area contributed by atoms with Crippen LogP contribution in [0.5, 0.6) is 0 Å². The summed E-state index contributed by atoms with van der Waals surface area (Å²) >= 11 is 0. The molecular weight excluding hydrogens is 362 g/mol. The van der Waals surface area contributed by atoms with Crippen LogP contribution < -0.4 is 10.2 Å². The van der Waals surface area contributed by atoms with E-state index in [4.69, 9.17) is 0 Å². The van der Waals surface area contributed by atoms with E-state index in [1.54, 1.807) is 18.5 Å². The van der Waals surface area contributed by atoms with Crippen molar-refractivity contribution in [1.82, 2.24) is 15.0 Å². The maximum atomic E-state index is 12.8. The number of benzene rings is 1. The zero-order valence-corrected chi connectivity index (χ0v) is 17.4. The van der Waals surface area contributed by atoms with Gasteiger partial charge in [0, 0.05) is 37.7 Å². The number of amides is 1. The van der Waals surface area contributed by atoms with Crippen LogP contribution >= 0.6 is 0 Å². The van der Waals surface area contributed by atoms with Gasteiger partial charge in [-0.1, -0.05) is 39.0 Å². The zero-order valence-electron chi connectivity index (χ0n) is 17.4. The van der Waals surface area contributed by atoms with Crippen LogP contribution in [-0.2, 0) is 11.8 Å². The van der Waals surface area contributed by atoms with Crippen molar-refractivity contribution in [1.29, 1.82) is 0 Å². The van der Waals surface area contributed by atoms with Gasteiger partial charge in [0.25, 0.3) is 5.91 Å².